The number of halogens is 1. The molecule has 0 unspecified atom stereocenters. The molecule has 0 radical (unpaired) electrons. The van der Waals surface area contributed by atoms with Crippen molar-refractivity contribution in [3.63, 3.8) is 0 Å². The number of piperidine rings is 1. The zero-order chi connectivity index (χ0) is 25.6. The summed E-state index contributed by atoms with van der Waals surface area (Å²) in [6, 6.07) is 7.09. The first-order chi connectivity index (χ1) is 17.1. The number of pyridine rings is 1. The average Bonchev–Trinajstić information content (AvgIpc) is 3.48. The quantitative estimate of drug-likeness (QED) is 0.493. The zero-order valence-corrected chi connectivity index (χ0v) is 22.4. The Hall–Kier alpha value is -2.65. The first kappa shape index (κ1) is 25.0. The van der Waals surface area contributed by atoms with Crippen molar-refractivity contribution in [2.45, 2.75) is 57.7 Å². The molecule has 0 aliphatic carbocycles. The number of hydrogen-bond acceptors (Lipinski definition) is 5. The lowest BCUT2D eigenvalue weighted by molar-refractivity contribution is 0.278. The van der Waals surface area contributed by atoms with E-state index in [9.17, 15) is 8.42 Å². The number of sulfonamides is 1. The standard InChI is InChI=1S/C27H36FN5O2S/c1-18(2)33-17-23(22-16-20(7-8-24(22)28)32-11-5-6-12-32)26-25(15-19(3)29-27(26)33)30-36(34,35)21-9-13-31(4)14-10-21/h7-8,15-18,21H,5-6,9-14H2,1-4H3,(H,29,30). The number of rotatable bonds is 6. The lowest BCUT2D eigenvalue weighted by Crippen LogP contribution is -2.39. The first-order valence-corrected chi connectivity index (χ1v) is 14.5. The molecular formula is C27H36FN5O2S. The molecule has 2 aliphatic rings. The van der Waals surface area contributed by atoms with E-state index in [1.54, 1.807) is 6.07 Å². The summed E-state index contributed by atoms with van der Waals surface area (Å²) in [6.45, 7) is 9.38. The Balaban J connectivity index is 1.66. The lowest BCUT2D eigenvalue weighted by atomic mass is 10.0. The smallest absolute Gasteiger partial charge is 0.235 e. The van der Waals surface area contributed by atoms with Crippen LogP contribution in [0.5, 0.6) is 0 Å². The summed E-state index contributed by atoms with van der Waals surface area (Å²) in [5, 5.41) is 0.186. The highest BCUT2D eigenvalue weighted by molar-refractivity contribution is 7.93. The van der Waals surface area contributed by atoms with Crippen LogP contribution in [0.3, 0.4) is 0 Å². The minimum Gasteiger partial charge on any atom is -0.372 e. The normalized spacial score (nSPS) is 18.0. The largest absolute Gasteiger partial charge is 0.372 e. The molecule has 0 atom stereocenters. The molecule has 5 rings (SSSR count). The SMILES string of the molecule is Cc1cc(NS(=O)(=O)C2CCN(C)CC2)c2c(-c3cc(N4CCCC4)ccc3F)cn(C(C)C)c2n1. The van der Waals surface area contributed by atoms with Gasteiger partial charge in [0.15, 0.2) is 0 Å². The van der Waals surface area contributed by atoms with Crippen LogP contribution in [-0.2, 0) is 10.0 Å². The summed E-state index contributed by atoms with van der Waals surface area (Å²) in [5.41, 5.74) is 3.95. The number of hydrogen-bond donors (Lipinski definition) is 1. The second-order valence-electron chi connectivity index (χ2n) is 10.6. The van der Waals surface area contributed by atoms with Crippen molar-refractivity contribution < 1.29 is 12.8 Å². The Labute approximate surface area is 213 Å². The van der Waals surface area contributed by atoms with Gasteiger partial charge in [0.25, 0.3) is 0 Å². The summed E-state index contributed by atoms with van der Waals surface area (Å²) >= 11 is 0. The second kappa shape index (κ2) is 9.67. The Kier molecular flexibility index (Phi) is 6.72. The van der Waals surface area contributed by atoms with E-state index in [0.29, 0.717) is 46.4 Å². The zero-order valence-electron chi connectivity index (χ0n) is 21.6. The van der Waals surface area contributed by atoms with Gasteiger partial charge in [-0.1, -0.05) is 0 Å². The van der Waals surface area contributed by atoms with Gasteiger partial charge in [-0.3, -0.25) is 4.72 Å². The van der Waals surface area contributed by atoms with Crippen LogP contribution in [0, 0.1) is 12.7 Å². The van der Waals surface area contributed by atoms with Gasteiger partial charge in [-0.25, -0.2) is 17.8 Å². The van der Waals surface area contributed by atoms with E-state index in [-0.39, 0.29) is 11.9 Å². The van der Waals surface area contributed by atoms with Crippen molar-refractivity contribution in [2.75, 3.05) is 42.8 Å². The maximum atomic E-state index is 15.4. The molecule has 4 heterocycles. The van der Waals surface area contributed by atoms with Crippen molar-refractivity contribution >= 4 is 32.4 Å². The minimum atomic E-state index is -3.63. The molecule has 9 heteroatoms. The van der Waals surface area contributed by atoms with Crippen LogP contribution in [0.2, 0.25) is 0 Å². The molecule has 1 N–H and O–H groups in total. The van der Waals surface area contributed by atoms with E-state index < -0.39 is 15.3 Å². The fourth-order valence-corrected chi connectivity index (χ4v) is 6.94. The van der Waals surface area contributed by atoms with E-state index in [2.05, 4.69) is 14.5 Å². The topological polar surface area (TPSA) is 70.5 Å². The number of fused-ring (bicyclic) bond motifs is 1. The molecule has 7 nitrogen and oxygen atoms in total. The Morgan fingerprint density at radius 3 is 2.42 bits per heavy atom. The molecule has 1 aromatic carbocycles. The Bertz CT molecular complexity index is 1370. The third-order valence-electron chi connectivity index (χ3n) is 7.53. The predicted molar refractivity (Wildman–Crippen MR) is 145 cm³/mol. The number of aryl methyl sites for hydroxylation is 1. The van der Waals surface area contributed by atoms with Crippen LogP contribution in [0.25, 0.3) is 22.2 Å². The molecule has 36 heavy (non-hydrogen) atoms. The van der Waals surface area contributed by atoms with Crippen molar-refractivity contribution in [1.29, 1.82) is 0 Å². The molecule has 0 spiro atoms. The molecular weight excluding hydrogens is 477 g/mol. The third kappa shape index (κ3) is 4.70. The maximum Gasteiger partial charge on any atom is 0.235 e. The highest BCUT2D eigenvalue weighted by Gasteiger charge is 2.30. The van der Waals surface area contributed by atoms with Gasteiger partial charge in [-0.2, -0.15) is 0 Å². The van der Waals surface area contributed by atoms with Crippen molar-refractivity contribution in [1.82, 2.24) is 14.5 Å². The number of nitrogens with zero attached hydrogens (tertiary/aromatic N) is 4. The van der Waals surface area contributed by atoms with E-state index in [4.69, 9.17) is 4.98 Å². The van der Waals surface area contributed by atoms with Gasteiger partial charge in [0.05, 0.1) is 16.3 Å². The summed E-state index contributed by atoms with van der Waals surface area (Å²) in [4.78, 5) is 9.20. The van der Waals surface area contributed by atoms with Gasteiger partial charge in [0, 0.05) is 47.8 Å². The number of likely N-dealkylation sites (tertiary alicyclic amines) is 1. The second-order valence-corrected chi connectivity index (χ2v) is 12.5. The fraction of sp³-hybridized carbons (Fsp3) is 0.519. The summed E-state index contributed by atoms with van der Waals surface area (Å²) in [5.74, 6) is -0.328. The molecule has 2 fully saturated rings. The minimum absolute atomic E-state index is 0.0683. The Morgan fingerprint density at radius 2 is 1.75 bits per heavy atom. The van der Waals surface area contributed by atoms with E-state index >= 15 is 4.39 Å². The van der Waals surface area contributed by atoms with Gasteiger partial charge in [0.1, 0.15) is 11.5 Å². The van der Waals surface area contributed by atoms with E-state index in [1.807, 2.05) is 50.7 Å². The highest BCUT2D eigenvalue weighted by Crippen LogP contribution is 2.40. The molecule has 2 aromatic heterocycles. The Morgan fingerprint density at radius 1 is 1.06 bits per heavy atom. The van der Waals surface area contributed by atoms with Crippen LogP contribution in [0.1, 0.15) is 51.3 Å². The van der Waals surface area contributed by atoms with Gasteiger partial charge < -0.3 is 14.4 Å². The monoisotopic (exact) mass is 513 g/mol. The molecule has 0 amide bonds. The lowest BCUT2D eigenvalue weighted by Gasteiger charge is -2.29. The fourth-order valence-electron chi connectivity index (χ4n) is 5.48. The average molecular weight is 514 g/mol. The molecule has 194 valence electrons. The van der Waals surface area contributed by atoms with Crippen LogP contribution in [0.15, 0.2) is 30.5 Å². The molecule has 2 saturated heterocycles. The van der Waals surface area contributed by atoms with Crippen molar-refractivity contribution in [3.05, 3.63) is 42.0 Å². The van der Waals surface area contributed by atoms with Crippen LogP contribution < -0.4 is 9.62 Å². The summed E-state index contributed by atoms with van der Waals surface area (Å²) in [7, 11) is -1.61. The van der Waals surface area contributed by atoms with Crippen LogP contribution in [-0.4, -0.2) is 61.3 Å². The molecule has 0 saturated carbocycles. The number of aromatic nitrogens is 2. The van der Waals surface area contributed by atoms with Gasteiger partial charge in [-0.15, -0.1) is 0 Å². The molecule has 2 aliphatic heterocycles. The van der Waals surface area contributed by atoms with E-state index in [1.165, 1.54) is 6.07 Å². The third-order valence-corrected chi connectivity index (χ3v) is 9.39. The van der Waals surface area contributed by atoms with Gasteiger partial charge >= 0.3 is 0 Å². The summed E-state index contributed by atoms with van der Waals surface area (Å²) < 4.78 is 47.2. The van der Waals surface area contributed by atoms with Crippen LogP contribution in [0.4, 0.5) is 15.8 Å². The van der Waals surface area contributed by atoms with E-state index in [0.717, 1.165) is 44.7 Å². The molecule has 3 aromatic rings. The van der Waals surface area contributed by atoms with Gasteiger partial charge in [0.2, 0.25) is 10.0 Å². The first-order valence-electron chi connectivity index (χ1n) is 12.9. The predicted octanol–water partition coefficient (Wildman–Crippen LogP) is 5.17. The van der Waals surface area contributed by atoms with Crippen LogP contribution >= 0.6 is 0 Å². The van der Waals surface area contributed by atoms with Crippen molar-refractivity contribution in [2.24, 2.45) is 0 Å². The van der Waals surface area contributed by atoms with Gasteiger partial charge in [-0.05, 0) is 90.9 Å². The summed E-state index contributed by atoms with van der Waals surface area (Å²) in [6.07, 6.45) is 5.36. The van der Waals surface area contributed by atoms with Crippen molar-refractivity contribution in [3.8, 4) is 11.1 Å². The number of benzene rings is 1. The highest BCUT2D eigenvalue weighted by atomic mass is 32.2. The molecule has 0 bridgehead atoms. The number of nitrogens with one attached hydrogen (secondary N) is 1. The maximum absolute atomic E-state index is 15.4. The number of anilines is 2.